The highest BCUT2D eigenvalue weighted by Gasteiger charge is 2.07. The first-order chi connectivity index (χ1) is 11.0. The summed E-state index contributed by atoms with van der Waals surface area (Å²) in [5, 5.41) is 10.7. The summed E-state index contributed by atoms with van der Waals surface area (Å²) >= 11 is 0. The number of carbonyl (C=O) groups excluding carboxylic acids is 1. The third-order valence-corrected chi connectivity index (χ3v) is 3.21. The molecule has 6 heteroatoms. The predicted octanol–water partition coefficient (Wildman–Crippen LogP) is 3.41. The minimum absolute atomic E-state index is 0.0285. The van der Waals surface area contributed by atoms with E-state index in [-0.39, 0.29) is 17.4 Å². The Labute approximate surface area is 132 Å². The fourth-order valence-electron chi connectivity index (χ4n) is 1.98. The molecule has 0 fully saturated rings. The van der Waals surface area contributed by atoms with Crippen molar-refractivity contribution in [3.8, 4) is 0 Å². The maximum absolute atomic E-state index is 12.8. The maximum atomic E-state index is 12.8. The molecular weight excluding hydrogens is 299 g/mol. The van der Waals surface area contributed by atoms with Gasteiger partial charge in [-0.2, -0.15) is 0 Å². The molecule has 0 N–H and O–H groups in total. The molecule has 2 aromatic carbocycles. The predicted molar refractivity (Wildman–Crippen MR) is 85.0 cm³/mol. The molecule has 23 heavy (non-hydrogen) atoms. The molecule has 0 radical (unpaired) electrons. The second-order valence-corrected chi connectivity index (χ2v) is 5.01. The molecule has 0 unspecified atom stereocenters. The summed E-state index contributed by atoms with van der Waals surface area (Å²) in [7, 11) is 1.63. The van der Waals surface area contributed by atoms with Gasteiger partial charge >= 0.3 is 0 Å². The zero-order valence-corrected chi connectivity index (χ0v) is 12.5. The van der Waals surface area contributed by atoms with E-state index >= 15 is 0 Å². The van der Waals surface area contributed by atoms with Gasteiger partial charge in [0.15, 0.2) is 0 Å². The first kappa shape index (κ1) is 16.4. The van der Waals surface area contributed by atoms with Gasteiger partial charge in [0.2, 0.25) is 5.91 Å². The van der Waals surface area contributed by atoms with Crippen LogP contribution in [0.5, 0.6) is 0 Å². The maximum Gasteiger partial charge on any atom is 0.270 e. The Morgan fingerprint density at radius 2 is 1.96 bits per heavy atom. The van der Waals surface area contributed by atoms with Crippen molar-refractivity contribution in [3.05, 3.63) is 81.7 Å². The van der Waals surface area contributed by atoms with Gasteiger partial charge < -0.3 is 4.90 Å². The van der Waals surface area contributed by atoms with Crippen LogP contribution in [0.2, 0.25) is 0 Å². The monoisotopic (exact) mass is 314 g/mol. The molecule has 118 valence electrons. The number of nitrogens with zero attached hydrogens (tertiary/aromatic N) is 2. The summed E-state index contributed by atoms with van der Waals surface area (Å²) in [4.78, 5) is 23.7. The minimum atomic E-state index is -0.486. The number of hydrogen-bond acceptors (Lipinski definition) is 3. The van der Waals surface area contributed by atoms with Crippen LogP contribution in [-0.4, -0.2) is 22.8 Å². The van der Waals surface area contributed by atoms with Gasteiger partial charge in [0.1, 0.15) is 5.82 Å². The van der Waals surface area contributed by atoms with Gasteiger partial charge in [0, 0.05) is 31.8 Å². The number of hydrogen-bond donors (Lipinski definition) is 0. The lowest BCUT2D eigenvalue weighted by molar-refractivity contribution is -0.384. The van der Waals surface area contributed by atoms with E-state index < -0.39 is 4.92 Å². The molecule has 0 spiro atoms. The largest absolute Gasteiger partial charge is 0.338 e. The number of nitro groups is 1. The van der Waals surface area contributed by atoms with E-state index in [4.69, 9.17) is 0 Å². The van der Waals surface area contributed by atoms with Crippen LogP contribution in [0.25, 0.3) is 6.08 Å². The summed E-state index contributed by atoms with van der Waals surface area (Å²) in [5.74, 6) is -0.575. The quantitative estimate of drug-likeness (QED) is 0.482. The Morgan fingerprint density at radius 1 is 1.26 bits per heavy atom. The number of likely N-dealkylation sites (N-methyl/N-ethyl adjacent to an activating group) is 1. The van der Waals surface area contributed by atoms with Crippen molar-refractivity contribution >= 4 is 17.7 Å². The molecule has 0 saturated carbocycles. The fraction of sp³-hybridized carbons (Fsp3) is 0.118. The van der Waals surface area contributed by atoms with Crippen molar-refractivity contribution in [2.45, 2.75) is 6.54 Å². The van der Waals surface area contributed by atoms with Crippen LogP contribution in [0.3, 0.4) is 0 Å². The van der Waals surface area contributed by atoms with Crippen molar-refractivity contribution in [3.63, 3.8) is 0 Å². The summed E-state index contributed by atoms with van der Waals surface area (Å²) in [6, 6.07) is 11.9. The molecule has 2 aromatic rings. The SMILES string of the molecule is CN(Cc1ccc(F)cc1)C(=O)C=Cc1cccc([N+](=O)[O-])c1. The molecule has 2 rings (SSSR count). The number of halogens is 1. The molecule has 0 bridgehead atoms. The van der Waals surface area contributed by atoms with Crippen LogP contribution in [0.4, 0.5) is 10.1 Å². The molecule has 0 aliphatic rings. The first-order valence-electron chi connectivity index (χ1n) is 6.88. The van der Waals surface area contributed by atoms with Crippen molar-refractivity contribution in [1.29, 1.82) is 0 Å². The van der Waals surface area contributed by atoms with Crippen LogP contribution in [0, 0.1) is 15.9 Å². The lowest BCUT2D eigenvalue weighted by Crippen LogP contribution is -2.24. The number of non-ortho nitro benzene ring substituents is 1. The molecule has 0 heterocycles. The van der Waals surface area contributed by atoms with Gasteiger partial charge in [-0.1, -0.05) is 24.3 Å². The Balaban J connectivity index is 2.01. The van der Waals surface area contributed by atoms with E-state index in [2.05, 4.69) is 0 Å². The minimum Gasteiger partial charge on any atom is -0.338 e. The molecule has 5 nitrogen and oxygen atoms in total. The zero-order chi connectivity index (χ0) is 16.8. The Kier molecular flexibility index (Phi) is 5.19. The van der Waals surface area contributed by atoms with Crippen LogP contribution in [0.15, 0.2) is 54.6 Å². The van der Waals surface area contributed by atoms with Crippen LogP contribution in [-0.2, 0) is 11.3 Å². The third-order valence-electron chi connectivity index (χ3n) is 3.21. The smallest absolute Gasteiger partial charge is 0.270 e. The van der Waals surface area contributed by atoms with Crippen molar-refractivity contribution in [1.82, 2.24) is 4.90 Å². The molecule has 0 saturated heterocycles. The standard InChI is InChI=1S/C17H15FN2O3/c1-19(12-14-5-8-15(18)9-6-14)17(21)10-7-13-3-2-4-16(11-13)20(22)23/h2-11H,12H2,1H3. The summed E-state index contributed by atoms with van der Waals surface area (Å²) < 4.78 is 12.8. The van der Waals surface area contributed by atoms with Crippen molar-refractivity contribution in [2.24, 2.45) is 0 Å². The van der Waals surface area contributed by atoms with E-state index in [1.165, 1.54) is 41.3 Å². The highest BCUT2D eigenvalue weighted by atomic mass is 19.1. The van der Waals surface area contributed by atoms with E-state index in [1.54, 1.807) is 31.3 Å². The summed E-state index contributed by atoms with van der Waals surface area (Å²) in [6.07, 6.45) is 2.87. The topological polar surface area (TPSA) is 63.5 Å². The van der Waals surface area contributed by atoms with E-state index in [0.29, 0.717) is 12.1 Å². The van der Waals surface area contributed by atoms with E-state index in [9.17, 15) is 19.3 Å². The van der Waals surface area contributed by atoms with E-state index in [0.717, 1.165) is 5.56 Å². The molecule has 0 atom stereocenters. The summed E-state index contributed by atoms with van der Waals surface area (Å²) in [6.45, 7) is 0.346. The molecule has 1 amide bonds. The van der Waals surface area contributed by atoms with Crippen molar-refractivity contribution in [2.75, 3.05) is 7.05 Å². The number of rotatable bonds is 5. The number of benzene rings is 2. The molecule has 0 aromatic heterocycles. The molecular formula is C17H15FN2O3. The van der Waals surface area contributed by atoms with Gasteiger partial charge in [-0.3, -0.25) is 14.9 Å². The Morgan fingerprint density at radius 3 is 2.61 bits per heavy atom. The molecule has 0 aliphatic carbocycles. The van der Waals surface area contributed by atoms with Gasteiger partial charge in [0.05, 0.1) is 4.92 Å². The highest BCUT2D eigenvalue weighted by Crippen LogP contribution is 2.14. The van der Waals surface area contributed by atoms with Gasteiger partial charge in [-0.05, 0) is 29.3 Å². The highest BCUT2D eigenvalue weighted by molar-refractivity contribution is 5.91. The summed E-state index contributed by atoms with van der Waals surface area (Å²) in [5.41, 5.74) is 1.35. The second-order valence-electron chi connectivity index (χ2n) is 5.01. The second kappa shape index (κ2) is 7.31. The Hall–Kier alpha value is -3.02. The van der Waals surface area contributed by atoms with Gasteiger partial charge in [-0.25, -0.2) is 4.39 Å². The van der Waals surface area contributed by atoms with Crippen LogP contribution < -0.4 is 0 Å². The fourth-order valence-corrected chi connectivity index (χ4v) is 1.98. The number of amides is 1. The Bertz CT molecular complexity index is 742. The normalized spacial score (nSPS) is 10.7. The van der Waals surface area contributed by atoms with Crippen molar-refractivity contribution < 1.29 is 14.1 Å². The average Bonchev–Trinajstić information content (AvgIpc) is 2.55. The first-order valence-corrected chi connectivity index (χ1v) is 6.88. The van der Waals surface area contributed by atoms with Gasteiger partial charge in [-0.15, -0.1) is 0 Å². The third kappa shape index (κ3) is 4.74. The molecule has 0 aliphatic heterocycles. The lowest BCUT2D eigenvalue weighted by Gasteiger charge is -2.15. The number of carbonyl (C=O) groups is 1. The zero-order valence-electron chi connectivity index (χ0n) is 12.5. The van der Waals surface area contributed by atoms with E-state index in [1.807, 2.05) is 0 Å². The van der Waals surface area contributed by atoms with Gasteiger partial charge in [0.25, 0.3) is 5.69 Å². The number of nitro benzene ring substituents is 1. The lowest BCUT2D eigenvalue weighted by atomic mass is 10.2. The van der Waals surface area contributed by atoms with Crippen LogP contribution >= 0.6 is 0 Å². The average molecular weight is 314 g/mol. The van der Waals surface area contributed by atoms with Crippen LogP contribution in [0.1, 0.15) is 11.1 Å².